The van der Waals surface area contributed by atoms with E-state index in [0.29, 0.717) is 23.9 Å². The Kier molecular flexibility index (Phi) is 5.29. The Morgan fingerprint density at radius 2 is 2.00 bits per heavy atom. The normalized spacial score (nSPS) is 10.3. The first-order valence-electron chi connectivity index (χ1n) is 6.84. The molecule has 0 saturated carbocycles. The number of nitrogens with zero attached hydrogens (tertiary/aromatic N) is 2. The van der Waals surface area contributed by atoms with E-state index in [2.05, 4.69) is 27.5 Å². The van der Waals surface area contributed by atoms with Crippen molar-refractivity contribution in [1.82, 2.24) is 9.97 Å². The van der Waals surface area contributed by atoms with Crippen molar-refractivity contribution in [3.8, 4) is 0 Å². The molecule has 5 heteroatoms. The Labute approximate surface area is 118 Å². The molecule has 0 aliphatic carbocycles. The Bertz CT molecular complexity index is 545. The van der Waals surface area contributed by atoms with E-state index in [-0.39, 0.29) is 5.82 Å². The predicted molar refractivity (Wildman–Crippen MR) is 79.2 cm³/mol. The van der Waals surface area contributed by atoms with Gasteiger partial charge in [0.1, 0.15) is 11.6 Å². The zero-order valence-electron chi connectivity index (χ0n) is 11.6. The summed E-state index contributed by atoms with van der Waals surface area (Å²) in [6.45, 7) is 3.39. The Morgan fingerprint density at radius 3 is 2.80 bits per heavy atom. The smallest absolute Gasteiger partial charge is 0.224 e. The molecule has 0 aliphatic heterocycles. The molecule has 0 saturated heterocycles. The first kappa shape index (κ1) is 14.2. The minimum Gasteiger partial charge on any atom is -0.366 e. The van der Waals surface area contributed by atoms with E-state index in [1.54, 1.807) is 24.4 Å². The number of aromatic nitrogens is 2. The maximum atomic E-state index is 13.5. The standard InChI is InChI=1S/C15H19FN4/c1-2-3-9-17-15-18-10-8-14(20-15)19-11-12-6-4-5-7-13(12)16/h4-8,10H,2-3,9,11H2,1H3,(H2,17,18,19,20). The molecule has 2 N–H and O–H groups in total. The second-order valence-corrected chi connectivity index (χ2v) is 4.49. The van der Waals surface area contributed by atoms with Crippen LogP contribution >= 0.6 is 0 Å². The van der Waals surface area contributed by atoms with Crippen molar-refractivity contribution >= 4 is 11.8 Å². The lowest BCUT2D eigenvalue weighted by Crippen LogP contribution is -2.08. The molecule has 1 heterocycles. The summed E-state index contributed by atoms with van der Waals surface area (Å²) in [5, 5.41) is 6.26. The second kappa shape index (κ2) is 7.43. The van der Waals surface area contributed by atoms with E-state index < -0.39 is 0 Å². The molecule has 2 aromatic rings. The summed E-state index contributed by atoms with van der Waals surface area (Å²) in [5.41, 5.74) is 0.617. The second-order valence-electron chi connectivity index (χ2n) is 4.49. The summed E-state index contributed by atoms with van der Waals surface area (Å²) in [6.07, 6.45) is 3.89. The maximum Gasteiger partial charge on any atom is 0.224 e. The van der Waals surface area contributed by atoms with Gasteiger partial charge in [0, 0.05) is 24.8 Å². The third kappa shape index (κ3) is 4.19. The minimum absolute atomic E-state index is 0.213. The molecule has 0 atom stereocenters. The van der Waals surface area contributed by atoms with Gasteiger partial charge >= 0.3 is 0 Å². The van der Waals surface area contributed by atoms with E-state index in [9.17, 15) is 4.39 Å². The molecule has 106 valence electrons. The van der Waals surface area contributed by atoms with Gasteiger partial charge in [0.15, 0.2) is 0 Å². The molecule has 0 unspecified atom stereocenters. The molecular formula is C15H19FN4. The summed E-state index contributed by atoms with van der Waals surface area (Å²) in [6, 6.07) is 8.47. The number of nitrogens with one attached hydrogen (secondary N) is 2. The average Bonchev–Trinajstić information content (AvgIpc) is 2.47. The Hall–Kier alpha value is -2.17. The molecule has 1 aromatic heterocycles. The van der Waals surface area contributed by atoms with Crippen molar-refractivity contribution in [3.05, 3.63) is 47.9 Å². The van der Waals surface area contributed by atoms with Gasteiger partial charge in [-0.1, -0.05) is 31.5 Å². The summed E-state index contributed by atoms with van der Waals surface area (Å²) in [5.74, 6) is 1.06. The van der Waals surface area contributed by atoms with Crippen LogP contribution in [-0.2, 0) is 6.54 Å². The number of anilines is 2. The molecular weight excluding hydrogens is 255 g/mol. The van der Waals surface area contributed by atoms with Gasteiger partial charge in [-0.25, -0.2) is 9.37 Å². The number of unbranched alkanes of at least 4 members (excludes halogenated alkanes) is 1. The zero-order chi connectivity index (χ0) is 14.2. The molecule has 0 aliphatic rings. The molecule has 0 amide bonds. The molecule has 1 aromatic carbocycles. The molecule has 20 heavy (non-hydrogen) atoms. The Balaban J connectivity index is 1.93. The highest BCUT2D eigenvalue weighted by Gasteiger charge is 2.02. The summed E-state index contributed by atoms with van der Waals surface area (Å²) in [4.78, 5) is 8.48. The maximum absolute atomic E-state index is 13.5. The fourth-order valence-corrected chi connectivity index (χ4v) is 1.75. The van der Waals surface area contributed by atoms with Crippen LogP contribution in [-0.4, -0.2) is 16.5 Å². The Morgan fingerprint density at radius 1 is 1.15 bits per heavy atom. The average molecular weight is 274 g/mol. The summed E-state index contributed by atoms with van der Waals surface area (Å²) >= 11 is 0. The SMILES string of the molecule is CCCCNc1nccc(NCc2ccccc2F)n1. The van der Waals surface area contributed by atoms with Gasteiger partial charge < -0.3 is 10.6 Å². The first-order valence-corrected chi connectivity index (χ1v) is 6.84. The van der Waals surface area contributed by atoms with Crippen LogP contribution in [0.15, 0.2) is 36.5 Å². The third-order valence-corrected chi connectivity index (χ3v) is 2.89. The quantitative estimate of drug-likeness (QED) is 0.759. The van der Waals surface area contributed by atoms with Gasteiger partial charge in [-0.3, -0.25) is 0 Å². The molecule has 0 spiro atoms. The van der Waals surface area contributed by atoms with Crippen molar-refractivity contribution in [2.45, 2.75) is 26.3 Å². The molecule has 0 bridgehead atoms. The van der Waals surface area contributed by atoms with Crippen molar-refractivity contribution < 1.29 is 4.39 Å². The van der Waals surface area contributed by atoms with Gasteiger partial charge in [-0.2, -0.15) is 4.98 Å². The lowest BCUT2D eigenvalue weighted by Gasteiger charge is -2.08. The van der Waals surface area contributed by atoms with Crippen molar-refractivity contribution in [2.24, 2.45) is 0 Å². The highest BCUT2D eigenvalue weighted by molar-refractivity contribution is 5.40. The summed E-state index contributed by atoms with van der Waals surface area (Å²) < 4.78 is 13.5. The van der Waals surface area contributed by atoms with Crippen LogP contribution in [0.4, 0.5) is 16.2 Å². The van der Waals surface area contributed by atoms with Crippen molar-refractivity contribution in [1.29, 1.82) is 0 Å². The number of rotatable bonds is 7. The van der Waals surface area contributed by atoms with Gasteiger partial charge in [0.2, 0.25) is 5.95 Å². The fraction of sp³-hybridized carbons (Fsp3) is 0.333. The van der Waals surface area contributed by atoms with E-state index in [0.717, 1.165) is 19.4 Å². The number of hydrogen-bond donors (Lipinski definition) is 2. The fourth-order valence-electron chi connectivity index (χ4n) is 1.75. The third-order valence-electron chi connectivity index (χ3n) is 2.89. The van der Waals surface area contributed by atoms with E-state index in [4.69, 9.17) is 0 Å². The van der Waals surface area contributed by atoms with E-state index >= 15 is 0 Å². The highest BCUT2D eigenvalue weighted by Crippen LogP contribution is 2.11. The predicted octanol–water partition coefficient (Wildman–Crippen LogP) is 3.44. The zero-order valence-corrected chi connectivity index (χ0v) is 11.6. The van der Waals surface area contributed by atoms with Crippen LogP contribution < -0.4 is 10.6 Å². The molecule has 0 fully saturated rings. The lowest BCUT2D eigenvalue weighted by atomic mass is 10.2. The van der Waals surface area contributed by atoms with Gasteiger partial charge in [-0.15, -0.1) is 0 Å². The van der Waals surface area contributed by atoms with Gasteiger partial charge in [-0.05, 0) is 18.6 Å². The van der Waals surface area contributed by atoms with E-state index in [1.807, 2.05) is 6.07 Å². The highest BCUT2D eigenvalue weighted by atomic mass is 19.1. The minimum atomic E-state index is -0.213. The van der Waals surface area contributed by atoms with Crippen molar-refractivity contribution in [3.63, 3.8) is 0 Å². The molecule has 0 radical (unpaired) electrons. The van der Waals surface area contributed by atoms with Crippen LogP contribution in [0.2, 0.25) is 0 Å². The van der Waals surface area contributed by atoms with Crippen LogP contribution in [0, 0.1) is 5.82 Å². The van der Waals surface area contributed by atoms with Crippen LogP contribution in [0.1, 0.15) is 25.3 Å². The van der Waals surface area contributed by atoms with Gasteiger partial charge in [0.05, 0.1) is 0 Å². The topological polar surface area (TPSA) is 49.8 Å². The van der Waals surface area contributed by atoms with E-state index in [1.165, 1.54) is 6.07 Å². The number of benzene rings is 1. The number of halogens is 1. The van der Waals surface area contributed by atoms with Crippen molar-refractivity contribution in [2.75, 3.05) is 17.2 Å². The molecule has 2 rings (SSSR count). The van der Waals surface area contributed by atoms with Crippen LogP contribution in [0.25, 0.3) is 0 Å². The van der Waals surface area contributed by atoms with Crippen LogP contribution in [0.5, 0.6) is 0 Å². The largest absolute Gasteiger partial charge is 0.366 e. The van der Waals surface area contributed by atoms with Gasteiger partial charge in [0.25, 0.3) is 0 Å². The lowest BCUT2D eigenvalue weighted by molar-refractivity contribution is 0.613. The monoisotopic (exact) mass is 274 g/mol. The summed E-state index contributed by atoms with van der Waals surface area (Å²) in [7, 11) is 0. The van der Waals surface area contributed by atoms with Crippen LogP contribution in [0.3, 0.4) is 0 Å². The molecule has 4 nitrogen and oxygen atoms in total. The first-order chi connectivity index (χ1) is 9.79. The number of hydrogen-bond acceptors (Lipinski definition) is 4.